The SMILES string of the molecule is CCCCCCCCC(=O)OC(CCOC(=O)C1=CCSC2C(NC(=O)/C(=N/OC)c3csc(N)n3)C(=O)N12)OC(=O)CCCCCCCC. The number of oxime groups is 1. The molecule has 1 aromatic heterocycles. The van der Waals surface area contributed by atoms with Crippen molar-refractivity contribution in [3.05, 3.63) is 22.8 Å². The Morgan fingerprint density at radius 2 is 1.58 bits per heavy atom. The van der Waals surface area contributed by atoms with Crippen LogP contribution in [0.5, 0.6) is 0 Å². The summed E-state index contributed by atoms with van der Waals surface area (Å²) in [7, 11) is 1.28. The summed E-state index contributed by atoms with van der Waals surface area (Å²) < 4.78 is 16.5. The number of carbonyl (C=O) groups is 5. The van der Waals surface area contributed by atoms with Crippen LogP contribution in [0.25, 0.3) is 0 Å². The number of esters is 3. The van der Waals surface area contributed by atoms with Crippen molar-refractivity contribution in [3.8, 4) is 0 Å². The van der Waals surface area contributed by atoms with Crippen molar-refractivity contribution in [2.45, 2.75) is 128 Å². The number of hydrogen-bond donors (Lipinski definition) is 2. The molecule has 2 aliphatic rings. The highest BCUT2D eigenvalue weighted by Gasteiger charge is 2.53. The van der Waals surface area contributed by atoms with Crippen LogP contribution in [-0.4, -0.2) is 82.5 Å². The number of thiazole rings is 1. The Balaban J connectivity index is 1.52. The molecule has 16 heteroatoms. The van der Waals surface area contributed by atoms with Gasteiger partial charge in [0.25, 0.3) is 18.1 Å². The Hall–Kier alpha value is -3.66. The van der Waals surface area contributed by atoms with Crippen LogP contribution in [-0.2, 0) is 43.0 Å². The number of amides is 2. The normalized spacial score (nSPS) is 17.0. The molecular formula is C34H51N5O9S2. The minimum atomic E-state index is -1.20. The third kappa shape index (κ3) is 12.9. The van der Waals surface area contributed by atoms with E-state index in [0.29, 0.717) is 18.6 Å². The van der Waals surface area contributed by atoms with E-state index in [1.807, 2.05) is 0 Å². The van der Waals surface area contributed by atoms with Gasteiger partial charge in [-0.25, -0.2) is 9.78 Å². The second-order valence-electron chi connectivity index (χ2n) is 12.0. The van der Waals surface area contributed by atoms with E-state index < -0.39 is 47.4 Å². The molecule has 2 unspecified atom stereocenters. The third-order valence-corrected chi connectivity index (χ3v) is 9.94. The minimum Gasteiger partial charge on any atom is -0.461 e. The molecule has 1 fully saturated rings. The fraction of sp³-hybridized carbons (Fsp3) is 0.676. The predicted molar refractivity (Wildman–Crippen MR) is 191 cm³/mol. The number of anilines is 1. The first-order valence-corrected chi connectivity index (χ1v) is 19.5. The van der Waals surface area contributed by atoms with E-state index in [9.17, 15) is 24.0 Å². The zero-order valence-corrected chi connectivity index (χ0v) is 31.0. The van der Waals surface area contributed by atoms with Crippen LogP contribution in [0.4, 0.5) is 5.13 Å². The molecule has 2 atom stereocenters. The highest BCUT2D eigenvalue weighted by Crippen LogP contribution is 2.38. The lowest BCUT2D eigenvalue weighted by Gasteiger charge is -2.48. The number of aromatic nitrogens is 1. The molecule has 3 rings (SSSR count). The van der Waals surface area contributed by atoms with Gasteiger partial charge in [0.2, 0.25) is 0 Å². The average Bonchev–Trinajstić information content (AvgIpc) is 3.53. The highest BCUT2D eigenvalue weighted by atomic mass is 32.2. The summed E-state index contributed by atoms with van der Waals surface area (Å²) in [5.41, 5.74) is 5.79. The molecule has 50 heavy (non-hydrogen) atoms. The van der Waals surface area contributed by atoms with E-state index in [2.05, 4.69) is 29.3 Å². The number of rotatable bonds is 24. The van der Waals surface area contributed by atoms with Gasteiger partial charge in [0.15, 0.2) is 10.8 Å². The smallest absolute Gasteiger partial charge is 0.354 e. The lowest BCUT2D eigenvalue weighted by Crippen LogP contribution is -2.70. The summed E-state index contributed by atoms with van der Waals surface area (Å²) in [5, 5.41) is 7.63. The van der Waals surface area contributed by atoms with Gasteiger partial charge in [-0.2, -0.15) is 0 Å². The molecule has 0 aliphatic carbocycles. The summed E-state index contributed by atoms with van der Waals surface area (Å²) >= 11 is 2.49. The lowest BCUT2D eigenvalue weighted by atomic mass is 10.0. The van der Waals surface area contributed by atoms with Gasteiger partial charge in [-0.05, 0) is 18.9 Å². The largest absolute Gasteiger partial charge is 0.461 e. The quantitative estimate of drug-likeness (QED) is 0.0353. The molecule has 0 spiro atoms. The van der Waals surface area contributed by atoms with Crippen molar-refractivity contribution < 1.29 is 43.0 Å². The fourth-order valence-electron chi connectivity index (χ4n) is 5.41. The van der Waals surface area contributed by atoms with E-state index in [4.69, 9.17) is 24.8 Å². The third-order valence-electron chi connectivity index (χ3n) is 8.09. The number of fused-ring (bicyclic) bond motifs is 1. The predicted octanol–water partition coefficient (Wildman–Crippen LogP) is 5.21. The minimum absolute atomic E-state index is 0.0407. The van der Waals surface area contributed by atoms with E-state index in [1.54, 1.807) is 11.5 Å². The van der Waals surface area contributed by atoms with Crippen molar-refractivity contribution in [2.75, 3.05) is 25.2 Å². The van der Waals surface area contributed by atoms with Gasteiger partial charge in [0.05, 0.1) is 13.0 Å². The molecule has 2 aliphatic heterocycles. The lowest BCUT2D eigenvalue weighted by molar-refractivity contribution is -0.191. The molecule has 278 valence electrons. The highest BCUT2D eigenvalue weighted by molar-refractivity contribution is 8.00. The molecule has 3 heterocycles. The van der Waals surface area contributed by atoms with E-state index >= 15 is 0 Å². The van der Waals surface area contributed by atoms with Crippen LogP contribution in [0.1, 0.15) is 116 Å². The van der Waals surface area contributed by atoms with Gasteiger partial charge in [-0.1, -0.05) is 83.2 Å². The summed E-state index contributed by atoms with van der Waals surface area (Å²) in [6.07, 6.45) is 12.8. The van der Waals surface area contributed by atoms with E-state index in [1.165, 1.54) is 23.8 Å². The Morgan fingerprint density at radius 1 is 0.980 bits per heavy atom. The Morgan fingerprint density at radius 3 is 2.14 bits per heavy atom. The first kappa shape index (κ1) is 40.8. The number of nitrogen functional groups attached to an aromatic ring is 1. The van der Waals surface area contributed by atoms with E-state index in [-0.39, 0.29) is 48.1 Å². The van der Waals surface area contributed by atoms with Crippen molar-refractivity contribution in [1.82, 2.24) is 15.2 Å². The maximum atomic E-state index is 13.1. The maximum Gasteiger partial charge on any atom is 0.354 e. The van der Waals surface area contributed by atoms with E-state index in [0.717, 1.165) is 75.5 Å². The topological polar surface area (TPSA) is 189 Å². The number of nitrogens with two attached hydrogens (primary N) is 1. The van der Waals surface area contributed by atoms with Crippen LogP contribution in [0, 0.1) is 0 Å². The molecule has 3 N–H and O–H groups in total. The number of nitrogens with one attached hydrogen (secondary N) is 1. The molecular weight excluding hydrogens is 687 g/mol. The van der Waals surface area contributed by atoms with Crippen LogP contribution in [0.2, 0.25) is 0 Å². The number of ether oxygens (including phenoxy) is 3. The molecule has 2 amide bonds. The van der Waals surface area contributed by atoms with Crippen LogP contribution in [0.3, 0.4) is 0 Å². The summed E-state index contributed by atoms with van der Waals surface area (Å²) in [6.45, 7) is 4.07. The number of hydrogen-bond acceptors (Lipinski definition) is 14. The van der Waals surface area contributed by atoms with Gasteiger partial charge in [0, 0.05) is 24.0 Å². The monoisotopic (exact) mass is 737 g/mol. The van der Waals surface area contributed by atoms with Crippen molar-refractivity contribution >= 4 is 63.7 Å². The summed E-state index contributed by atoms with van der Waals surface area (Å²) in [5.74, 6) is -2.51. The number of nitrogens with zero attached hydrogens (tertiary/aromatic N) is 3. The fourth-order valence-corrected chi connectivity index (χ4v) is 7.15. The molecule has 0 bridgehead atoms. The number of carbonyl (C=O) groups excluding carboxylic acids is 5. The zero-order valence-electron chi connectivity index (χ0n) is 29.3. The number of β-lactam (4-membered cyclic amide) rings is 1. The number of thioether (sulfide) groups is 1. The molecule has 1 saturated heterocycles. The van der Waals surface area contributed by atoms with Gasteiger partial charge < -0.3 is 30.1 Å². The molecule has 0 aromatic carbocycles. The van der Waals surface area contributed by atoms with Crippen molar-refractivity contribution in [1.29, 1.82) is 0 Å². The maximum absolute atomic E-state index is 13.1. The standard InChI is InChI=1S/C34H51N5O9S2/c1-4-6-8-10-12-14-16-25(40)47-27(48-26(41)17-15-13-11-9-7-5-2)18-20-46-33(44)24-19-21-49-32-29(31(43)39(24)32)37-30(42)28(38-45-3)23-22-50-34(35)36-23/h19,22,27,29,32H,4-18,20-21H2,1-3H3,(H2,35,36)(H,37,42)/b38-28+. The van der Waals surface area contributed by atoms with Gasteiger partial charge >= 0.3 is 17.9 Å². The number of unbranched alkanes of at least 4 members (excludes halogenated alkanes) is 10. The molecule has 0 saturated carbocycles. The van der Waals surface area contributed by atoms with Crippen molar-refractivity contribution in [2.24, 2.45) is 5.16 Å². The Bertz CT molecular complexity index is 1320. The summed E-state index contributed by atoms with van der Waals surface area (Å²) in [6, 6.07) is -0.927. The molecule has 0 radical (unpaired) electrons. The Labute approximate surface area is 302 Å². The second-order valence-corrected chi connectivity index (χ2v) is 14.1. The van der Waals surface area contributed by atoms with Gasteiger partial charge in [-0.3, -0.25) is 24.1 Å². The zero-order chi connectivity index (χ0) is 36.3. The average molecular weight is 738 g/mol. The second kappa shape index (κ2) is 22.2. The first-order chi connectivity index (χ1) is 24.2. The summed E-state index contributed by atoms with van der Waals surface area (Å²) in [4.78, 5) is 74.6. The van der Waals surface area contributed by atoms with Crippen LogP contribution >= 0.6 is 23.1 Å². The van der Waals surface area contributed by atoms with Crippen LogP contribution in [0.15, 0.2) is 22.3 Å². The first-order valence-electron chi connectivity index (χ1n) is 17.5. The van der Waals surface area contributed by atoms with Crippen LogP contribution < -0.4 is 11.1 Å². The van der Waals surface area contributed by atoms with Crippen molar-refractivity contribution in [3.63, 3.8) is 0 Å². The molecule has 14 nitrogen and oxygen atoms in total. The molecule has 1 aromatic rings. The van der Waals surface area contributed by atoms with Gasteiger partial charge in [0.1, 0.15) is 29.9 Å². The Kier molecular flexibility index (Phi) is 18.1. The van der Waals surface area contributed by atoms with Gasteiger partial charge in [-0.15, -0.1) is 23.1 Å².